The number of aromatic amines is 1. The molecule has 1 unspecified atom stereocenters. The summed E-state index contributed by atoms with van der Waals surface area (Å²) in [6, 6.07) is 16.0. The van der Waals surface area contributed by atoms with E-state index >= 15 is 0 Å². The molecule has 0 aliphatic carbocycles. The van der Waals surface area contributed by atoms with Crippen molar-refractivity contribution in [2.24, 2.45) is 0 Å². The average molecular weight is 470 g/mol. The maximum absolute atomic E-state index is 13.8. The quantitative estimate of drug-likeness (QED) is 0.510. The molecule has 1 fully saturated rings. The Morgan fingerprint density at radius 3 is 2.21 bits per heavy atom. The number of rotatable bonds is 6. The normalized spacial score (nSPS) is 21.7. The van der Waals surface area contributed by atoms with E-state index < -0.39 is 60.2 Å². The Morgan fingerprint density at radius 1 is 1.00 bits per heavy atom. The Labute approximate surface area is 191 Å². The van der Waals surface area contributed by atoms with Crippen LogP contribution in [-0.4, -0.2) is 51.5 Å². The van der Waals surface area contributed by atoms with E-state index in [0.29, 0.717) is 10.8 Å². The Kier molecular flexibility index (Phi) is 6.66. The molecule has 11 heteroatoms. The fraction of sp³-hybridized carbons (Fsp3) is 0.217. The molecule has 0 bridgehead atoms. The summed E-state index contributed by atoms with van der Waals surface area (Å²) in [5, 5.41) is 10.8. The van der Waals surface area contributed by atoms with Crippen LogP contribution in [0, 0.1) is 5.82 Å². The third-order valence-electron chi connectivity index (χ3n) is 5.15. The fourth-order valence-electron chi connectivity index (χ4n) is 3.46. The van der Waals surface area contributed by atoms with Gasteiger partial charge >= 0.3 is 17.6 Å². The highest BCUT2D eigenvalue weighted by atomic mass is 19.1. The third kappa shape index (κ3) is 4.80. The molecule has 1 saturated heterocycles. The topological polar surface area (TPSA) is 137 Å². The van der Waals surface area contributed by atoms with Gasteiger partial charge in [-0.3, -0.25) is 14.3 Å². The molecule has 0 amide bonds. The van der Waals surface area contributed by atoms with Gasteiger partial charge in [0.2, 0.25) is 5.82 Å². The highest BCUT2D eigenvalue weighted by molar-refractivity contribution is 5.90. The summed E-state index contributed by atoms with van der Waals surface area (Å²) < 4.78 is 30.8. The van der Waals surface area contributed by atoms with Gasteiger partial charge in [-0.25, -0.2) is 14.4 Å². The lowest BCUT2D eigenvalue weighted by Crippen LogP contribution is -2.41. The lowest BCUT2D eigenvalue weighted by molar-refractivity contribution is -0.0617. The first-order chi connectivity index (χ1) is 16.3. The molecule has 2 aromatic carbocycles. The van der Waals surface area contributed by atoms with Gasteiger partial charge in [-0.1, -0.05) is 36.4 Å². The molecular formula is C23H19FN2O8. The van der Waals surface area contributed by atoms with E-state index in [4.69, 9.17) is 14.2 Å². The first kappa shape index (κ1) is 23.1. The van der Waals surface area contributed by atoms with Gasteiger partial charge in [-0.15, -0.1) is 0 Å². The maximum atomic E-state index is 13.8. The third-order valence-corrected chi connectivity index (χ3v) is 5.15. The first-order valence-corrected chi connectivity index (χ1v) is 10.2. The number of esters is 2. The second kappa shape index (κ2) is 9.81. The molecule has 0 spiro atoms. The van der Waals surface area contributed by atoms with Gasteiger partial charge in [-0.2, -0.15) is 4.39 Å². The van der Waals surface area contributed by atoms with E-state index in [9.17, 15) is 28.7 Å². The molecule has 4 atom stereocenters. The highest BCUT2D eigenvalue weighted by Gasteiger charge is 2.48. The monoisotopic (exact) mass is 470 g/mol. The largest absolute Gasteiger partial charge is 0.459 e. The van der Waals surface area contributed by atoms with E-state index in [2.05, 4.69) is 0 Å². The zero-order valence-electron chi connectivity index (χ0n) is 17.5. The van der Waals surface area contributed by atoms with Crippen molar-refractivity contribution in [2.75, 3.05) is 6.61 Å². The lowest BCUT2D eigenvalue weighted by Gasteiger charge is -2.21. The Bertz CT molecular complexity index is 1290. The van der Waals surface area contributed by atoms with Gasteiger partial charge in [0.05, 0.1) is 17.3 Å². The highest BCUT2D eigenvalue weighted by Crippen LogP contribution is 2.31. The van der Waals surface area contributed by atoms with Crippen molar-refractivity contribution in [1.29, 1.82) is 0 Å². The minimum Gasteiger partial charge on any atom is -0.459 e. The van der Waals surface area contributed by atoms with Crippen LogP contribution < -0.4 is 11.2 Å². The molecule has 0 radical (unpaired) electrons. The summed E-state index contributed by atoms with van der Waals surface area (Å²) in [7, 11) is 0. The van der Waals surface area contributed by atoms with Crippen LogP contribution in [0.25, 0.3) is 0 Å². The van der Waals surface area contributed by atoms with Gasteiger partial charge in [0.25, 0.3) is 5.56 Å². The van der Waals surface area contributed by atoms with Crippen LogP contribution in [0.4, 0.5) is 4.39 Å². The number of carbonyl (C=O) groups is 2. The Balaban J connectivity index is 1.59. The number of nitrogens with one attached hydrogen (secondary N) is 1. The summed E-state index contributed by atoms with van der Waals surface area (Å²) in [4.78, 5) is 50.2. The Morgan fingerprint density at radius 2 is 1.59 bits per heavy atom. The average Bonchev–Trinajstić information content (AvgIpc) is 3.15. The zero-order chi connectivity index (χ0) is 24.2. The SMILES string of the molecule is O=C(OC[C@H]1O[C@@H](n2cc(F)c(=O)[nH]c2=O)C(O)[C@H]1OC(=O)c1ccccc1)c1ccccc1. The summed E-state index contributed by atoms with van der Waals surface area (Å²) in [5.41, 5.74) is -1.85. The van der Waals surface area contributed by atoms with E-state index in [1.165, 1.54) is 24.3 Å². The molecule has 2 heterocycles. The molecule has 10 nitrogen and oxygen atoms in total. The van der Waals surface area contributed by atoms with Crippen molar-refractivity contribution in [3.63, 3.8) is 0 Å². The summed E-state index contributed by atoms with van der Waals surface area (Å²) in [6.45, 7) is -0.450. The van der Waals surface area contributed by atoms with Crippen LogP contribution in [0.2, 0.25) is 0 Å². The summed E-state index contributed by atoms with van der Waals surface area (Å²) >= 11 is 0. The Hall–Kier alpha value is -4.09. The predicted molar refractivity (Wildman–Crippen MR) is 114 cm³/mol. The van der Waals surface area contributed by atoms with Crippen LogP contribution in [0.5, 0.6) is 0 Å². The second-order valence-corrected chi connectivity index (χ2v) is 7.40. The summed E-state index contributed by atoms with van der Waals surface area (Å²) in [5.74, 6) is -2.78. The maximum Gasteiger partial charge on any atom is 0.338 e. The second-order valence-electron chi connectivity index (χ2n) is 7.40. The minimum absolute atomic E-state index is 0.186. The van der Waals surface area contributed by atoms with E-state index in [0.717, 1.165) is 0 Å². The van der Waals surface area contributed by atoms with Gasteiger partial charge in [0.1, 0.15) is 18.8 Å². The number of ether oxygens (including phenoxy) is 3. The smallest absolute Gasteiger partial charge is 0.338 e. The van der Waals surface area contributed by atoms with Crippen LogP contribution in [0.15, 0.2) is 76.4 Å². The predicted octanol–water partition coefficient (Wildman–Crippen LogP) is 1.02. The van der Waals surface area contributed by atoms with Crippen molar-refractivity contribution < 1.29 is 33.3 Å². The number of halogens is 1. The van der Waals surface area contributed by atoms with Gasteiger partial charge in [0.15, 0.2) is 12.3 Å². The fourth-order valence-corrected chi connectivity index (χ4v) is 3.46. The molecular weight excluding hydrogens is 451 g/mol. The molecule has 3 aromatic rings. The van der Waals surface area contributed by atoms with Crippen molar-refractivity contribution in [1.82, 2.24) is 9.55 Å². The number of aromatic nitrogens is 2. The lowest BCUT2D eigenvalue weighted by atomic mass is 10.1. The number of carbonyl (C=O) groups excluding carboxylic acids is 2. The first-order valence-electron chi connectivity index (χ1n) is 10.2. The number of aliphatic hydroxyl groups is 1. The molecule has 176 valence electrons. The molecule has 34 heavy (non-hydrogen) atoms. The number of hydrogen-bond donors (Lipinski definition) is 2. The van der Waals surface area contributed by atoms with Crippen LogP contribution >= 0.6 is 0 Å². The van der Waals surface area contributed by atoms with E-state index in [-0.39, 0.29) is 11.1 Å². The van der Waals surface area contributed by atoms with Gasteiger partial charge in [0, 0.05) is 0 Å². The number of aliphatic hydroxyl groups excluding tert-OH is 1. The molecule has 1 aromatic heterocycles. The van der Waals surface area contributed by atoms with Crippen LogP contribution in [0.3, 0.4) is 0 Å². The number of benzene rings is 2. The van der Waals surface area contributed by atoms with E-state index in [1.54, 1.807) is 41.4 Å². The molecule has 4 rings (SSSR count). The number of nitrogens with zero attached hydrogens (tertiary/aromatic N) is 1. The number of H-pyrrole nitrogens is 1. The van der Waals surface area contributed by atoms with E-state index in [1.807, 2.05) is 0 Å². The van der Waals surface area contributed by atoms with Crippen molar-refractivity contribution in [2.45, 2.75) is 24.5 Å². The molecule has 2 N–H and O–H groups in total. The van der Waals surface area contributed by atoms with Crippen molar-refractivity contribution in [3.8, 4) is 0 Å². The molecule has 1 aliphatic rings. The minimum atomic E-state index is -1.66. The zero-order valence-corrected chi connectivity index (χ0v) is 17.5. The molecule has 0 saturated carbocycles. The summed E-state index contributed by atoms with van der Waals surface area (Å²) in [6.07, 6.45) is -5.21. The van der Waals surface area contributed by atoms with Gasteiger partial charge < -0.3 is 19.3 Å². The number of hydrogen-bond acceptors (Lipinski definition) is 8. The van der Waals surface area contributed by atoms with Crippen LogP contribution in [0.1, 0.15) is 26.9 Å². The molecule has 1 aliphatic heterocycles. The van der Waals surface area contributed by atoms with Crippen LogP contribution in [-0.2, 0) is 14.2 Å². The van der Waals surface area contributed by atoms with Gasteiger partial charge in [-0.05, 0) is 24.3 Å². The standard InChI is InChI=1S/C23H19FN2O8/c24-15-11-26(23(31)25-19(15)28)20-17(27)18(34-22(30)14-9-5-2-6-10-14)16(33-20)12-32-21(29)13-7-3-1-4-8-13/h1-11,16-18,20,27H,12H2,(H,25,28,31)/t16-,17?,18+,20-/m1/s1. The van der Waals surface area contributed by atoms with Crippen molar-refractivity contribution in [3.05, 3.63) is 105 Å². The van der Waals surface area contributed by atoms with Crippen molar-refractivity contribution >= 4 is 11.9 Å².